The monoisotopic (exact) mass is 408 g/mol. The average Bonchev–Trinajstić information content (AvgIpc) is 2.72. The number of hydrogen-bond acceptors (Lipinski definition) is 6. The summed E-state index contributed by atoms with van der Waals surface area (Å²) in [6.07, 6.45) is -1.78. The van der Waals surface area contributed by atoms with E-state index in [-0.39, 0.29) is 17.2 Å². The first-order valence-electron chi connectivity index (χ1n) is 9.23. The molecule has 1 saturated heterocycles. The first-order chi connectivity index (χ1) is 13.9. The van der Waals surface area contributed by atoms with Crippen molar-refractivity contribution in [2.45, 2.75) is 19.0 Å². The lowest BCUT2D eigenvalue weighted by atomic mass is 10.00. The van der Waals surface area contributed by atoms with E-state index in [0.29, 0.717) is 37.1 Å². The summed E-state index contributed by atoms with van der Waals surface area (Å²) in [5, 5.41) is 5.77. The highest BCUT2D eigenvalue weighted by Gasteiger charge is 2.37. The second kappa shape index (κ2) is 9.13. The Labute approximate surface area is 167 Å². The fourth-order valence-corrected chi connectivity index (χ4v) is 3.02. The van der Waals surface area contributed by atoms with Gasteiger partial charge in [0.1, 0.15) is 5.75 Å². The standard InChI is InChI=1S/C20H23F3N4O2/c1-13(24-11-14-6-8-29-9-7-14)17-12-25-19(27-18(17)20(21,22)23)26-15-4-3-5-16(10-15)28-2/h3-5,10,12,14,24H,1,6-9,11H2,2H3,(H,25,26,27). The number of rotatable bonds is 7. The molecule has 0 aliphatic carbocycles. The van der Waals surface area contributed by atoms with Gasteiger partial charge < -0.3 is 20.1 Å². The second-order valence-electron chi connectivity index (χ2n) is 6.73. The van der Waals surface area contributed by atoms with E-state index in [0.717, 1.165) is 19.0 Å². The summed E-state index contributed by atoms with van der Waals surface area (Å²) in [5.41, 5.74) is -0.540. The van der Waals surface area contributed by atoms with Crippen LogP contribution in [0.3, 0.4) is 0 Å². The fraction of sp³-hybridized carbons (Fsp3) is 0.400. The number of ether oxygens (including phenoxy) is 2. The molecule has 0 atom stereocenters. The zero-order valence-corrected chi connectivity index (χ0v) is 16.1. The largest absolute Gasteiger partial charge is 0.497 e. The van der Waals surface area contributed by atoms with E-state index >= 15 is 0 Å². The second-order valence-corrected chi connectivity index (χ2v) is 6.73. The Bertz CT molecular complexity index is 852. The van der Waals surface area contributed by atoms with E-state index in [1.165, 1.54) is 7.11 Å². The lowest BCUT2D eigenvalue weighted by molar-refractivity contribution is -0.141. The van der Waals surface area contributed by atoms with Crippen LogP contribution in [0.4, 0.5) is 24.8 Å². The van der Waals surface area contributed by atoms with Gasteiger partial charge in [-0.2, -0.15) is 13.2 Å². The van der Waals surface area contributed by atoms with Crippen LogP contribution in [0.25, 0.3) is 5.70 Å². The van der Waals surface area contributed by atoms with Crippen molar-refractivity contribution in [1.29, 1.82) is 0 Å². The zero-order valence-electron chi connectivity index (χ0n) is 16.1. The van der Waals surface area contributed by atoms with E-state index in [2.05, 4.69) is 27.2 Å². The predicted molar refractivity (Wildman–Crippen MR) is 104 cm³/mol. The van der Waals surface area contributed by atoms with E-state index in [1.54, 1.807) is 24.3 Å². The summed E-state index contributed by atoms with van der Waals surface area (Å²) in [7, 11) is 1.51. The Morgan fingerprint density at radius 3 is 2.76 bits per heavy atom. The van der Waals surface area contributed by atoms with Crippen LogP contribution in [-0.2, 0) is 10.9 Å². The van der Waals surface area contributed by atoms with Gasteiger partial charge in [0, 0.05) is 49.0 Å². The van der Waals surface area contributed by atoms with Crippen LogP contribution in [0.5, 0.6) is 5.75 Å². The topological polar surface area (TPSA) is 68.3 Å². The Balaban J connectivity index is 1.77. The number of halogens is 3. The summed E-state index contributed by atoms with van der Waals surface area (Å²) in [6, 6.07) is 6.76. The number of alkyl halides is 3. The fourth-order valence-electron chi connectivity index (χ4n) is 3.02. The SMILES string of the molecule is C=C(NCC1CCOCC1)c1cnc(Nc2cccc(OC)c2)nc1C(F)(F)F. The molecular weight excluding hydrogens is 385 g/mol. The molecule has 2 heterocycles. The molecule has 0 unspecified atom stereocenters. The normalized spacial score (nSPS) is 15.0. The van der Waals surface area contributed by atoms with Crippen molar-refractivity contribution in [3.05, 3.63) is 48.3 Å². The van der Waals surface area contributed by atoms with Crippen LogP contribution in [0.1, 0.15) is 24.1 Å². The van der Waals surface area contributed by atoms with E-state index in [1.807, 2.05) is 0 Å². The molecule has 29 heavy (non-hydrogen) atoms. The minimum Gasteiger partial charge on any atom is -0.497 e. The van der Waals surface area contributed by atoms with Gasteiger partial charge in [-0.05, 0) is 30.9 Å². The molecule has 156 valence electrons. The molecule has 1 fully saturated rings. The number of aromatic nitrogens is 2. The Hall–Kier alpha value is -2.81. The van der Waals surface area contributed by atoms with Crippen LogP contribution < -0.4 is 15.4 Å². The molecule has 0 spiro atoms. The Morgan fingerprint density at radius 1 is 1.31 bits per heavy atom. The predicted octanol–water partition coefficient (Wildman–Crippen LogP) is 4.23. The molecule has 1 aromatic carbocycles. The summed E-state index contributed by atoms with van der Waals surface area (Å²) in [4.78, 5) is 7.74. The lowest BCUT2D eigenvalue weighted by Crippen LogP contribution is -2.27. The third kappa shape index (κ3) is 5.60. The van der Waals surface area contributed by atoms with Crippen molar-refractivity contribution in [2.24, 2.45) is 5.92 Å². The van der Waals surface area contributed by atoms with E-state index in [4.69, 9.17) is 9.47 Å². The summed E-state index contributed by atoms with van der Waals surface area (Å²) in [6.45, 7) is 5.63. The highest BCUT2D eigenvalue weighted by Crippen LogP contribution is 2.33. The molecule has 9 heteroatoms. The van der Waals surface area contributed by atoms with Gasteiger partial charge in [-0.15, -0.1) is 0 Å². The van der Waals surface area contributed by atoms with Crippen molar-refractivity contribution in [3.8, 4) is 5.75 Å². The van der Waals surface area contributed by atoms with Gasteiger partial charge in [0.05, 0.1) is 7.11 Å². The molecule has 0 radical (unpaired) electrons. The van der Waals surface area contributed by atoms with Gasteiger partial charge in [-0.25, -0.2) is 9.97 Å². The lowest BCUT2D eigenvalue weighted by Gasteiger charge is -2.23. The van der Waals surface area contributed by atoms with Crippen LogP contribution >= 0.6 is 0 Å². The zero-order chi connectivity index (χ0) is 20.9. The molecular formula is C20H23F3N4O2. The van der Waals surface area contributed by atoms with Gasteiger partial charge >= 0.3 is 6.18 Å². The van der Waals surface area contributed by atoms with Gasteiger partial charge in [0.2, 0.25) is 5.95 Å². The number of nitrogens with zero attached hydrogens (tertiary/aromatic N) is 2. The smallest absolute Gasteiger partial charge is 0.434 e. The van der Waals surface area contributed by atoms with Gasteiger partial charge in [-0.3, -0.25) is 0 Å². The van der Waals surface area contributed by atoms with Gasteiger partial charge in [0.25, 0.3) is 0 Å². The third-order valence-electron chi connectivity index (χ3n) is 4.65. The van der Waals surface area contributed by atoms with E-state index < -0.39 is 11.9 Å². The summed E-state index contributed by atoms with van der Waals surface area (Å²) >= 11 is 0. The van der Waals surface area contributed by atoms with Crippen molar-refractivity contribution < 1.29 is 22.6 Å². The van der Waals surface area contributed by atoms with Crippen molar-refractivity contribution in [1.82, 2.24) is 15.3 Å². The average molecular weight is 408 g/mol. The quantitative estimate of drug-likeness (QED) is 0.715. The number of methoxy groups -OCH3 is 1. The van der Waals surface area contributed by atoms with Crippen LogP contribution in [0, 0.1) is 5.92 Å². The summed E-state index contributed by atoms with van der Waals surface area (Å²) < 4.78 is 51.3. The first kappa shape index (κ1) is 20.9. The van der Waals surface area contributed by atoms with Crippen molar-refractivity contribution in [3.63, 3.8) is 0 Å². The first-order valence-corrected chi connectivity index (χ1v) is 9.23. The molecule has 1 aliphatic rings. The third-order valence-corrected chi connectivity index (χ3v) is 4.65. The maximum atomic E-state index is 13.6. The van der Waals surface area contributed by atoms with Crippen LogP contribution in [0.15, 0.2) is 37.0 Å². The minimum atomic E-state index is -4.65. The minimum absolute atomic E-state index is 0.150. The molecule has 0 amide bonds. The van der Waals surface area contributed by atoms with Gasteiger partial charge in [0.15, 0.2) is 5.69 Å². The van der Waals surface area contributed by atoms with Crippen LogP contribution in [0.2, 0.25) is 0 Å². The molecule has 1 aromatic heterocycles. The molecule has 0 saturated carbocycles. The molecule has 1 aliphatic heterocycles. The van der Waals surface area contributed by atoms with E-state index in [9.17, 15) is 13.2 Å². The Kier molecular flexibility index (Phi) is 6.58. The maximum Gasteiger partial charge on any atom is 0.434 e. The molecule has 3 rings (SSSR count). The maximum absolute atomic E-state index is 13.6. The molecule has 2 N–H and O–H groups in total. The summed E-state index contributed by atoms with van der Waals surface area (Å²) in [5.74, 6) is 0.740. The highest BCUT2D eigenvalue weighted by atomic mass is 19.4. The van der Waals surface area contributed by atoms with Crippen LogP contribution in [-0.4, -0.2) is 36.8 Å². The van der Waals surface area contributed by atoms with Crippen molar-refractivity contribution in [2.75, 3.05) is 32.2 Å². The molecule has 2 aromatic rings. The number of hydrogen-bond donors (Lipinski definition) is 2. The Morgan fingerprint density at radius 2 is 2.07 bits per heavy atom. The highest BCUT2D eigenvalue weighted by molar-refractivity contribution is 5.65. The molecule has 0 bridgehead atoms. The molecule has 6 nitrogen and oxygen atoms in total. The number of anilines is 2. The van der Waals surface area contributed by atoms with Crippen molar-refractivity contribution >= 4 is 17.3 Å². The van der Waals surface area contributed by atoms with Gasteiger partial charge in [-0.1, -0.05) is 12.6 Å². The number of benzene rings is 1. The number of nitrogens with one attached hydrogen (secondary N) is 2.